The predicted molar refractivity (Wildman–Crippen MR) is 122 cm³/mol. The zero-order valence-electron chi connectivity index (χ0n) is 17.8. The highest BCUT2D eigenvalue weighted by molar-refractivity contribution is 8.00. The number of anilines is 1. The Balaban J connectivity index is 1.42. The fourth-order valence-electron chi connectivity index (χ4n) is 3.45. The van der Waals surface area contributed by atoms with Crippen molar-refractivity contribution in [2.24, 2.45) is 0 Å². The highest BCUT2D eigenvalue weighted by Crippen LogP contribution is 2.26. The third-order valence-electron chi connectivity index (χ3n) is 5.26. The molecule has 11 heteroatoms. The lowest BCUT2D eigenvalue weighted by Gasteiger charge is -2.16. The fraction of sp³-hybridized carbons (Fsp3) is 0.333. The lowest BCUT2D eigenvalue weighted by Crippen LogP contribution is -2.27. The van der Waals surface area contributed by atoms with Gasteiger partial charge in [-0.05, 0) is 73.0 Å². The summed E-state index contributed by atoms with van der Waals surface area (Å²) in [5.74, 6) is -0.232. The third kappa shape index (κ3) is 4.69. The topological polar surface area (TPSA) is 110 Å². The first kappa shape index (κ1) is 22.4. The Kier molecular flexibility index (Phi) is 6.58. The third-order valence-corrected chi connectivity index (χ3v) is 8.21. The number of thioether (sulfide) groups is 1. The molecule has 0 spiro atoms. The van der Waals surface area contributed by atoms with Gasteiger partial charge in [0.2, 0.25) is 21.1 Å². The second-order valence-corrected chi connectivity index (χ2v) is 10.8. The Hall–Kier alpha value is -2.76. The van der Waals surface area contributed by atoms with E-state index in [2.05, 4.69) is 20.8 Å². The van der Waals surface area contributed by atoms with Crippen LogP contribution >= 0.6 is 11.8 Å². The van der Waals surface area contributed by atoms with Gasteiger partial charge in [-0.15, -0.1) is 5.10 Å². The van der Waals surface area contributed by atoms with Crippen LogP contribution in [0.5, 0.6) is 0 Å². The van der Waals surface area contributed by atoms with E-state index in [1.807, 2.05) is 31.2 Å². The van der Waals surface area contributed by atoms with Crippen LogP contribution in [0.15, 0.2) is 58.6 Å². The molecule has 0 aliphatic carbocycles. The molecule has 1 aromatic heterocycles. The molecule has 1 aliphatic heterocycles. The number of aryl methyl sites for hydroxylation is 1. The van der Waals surface area contributed by atoms with Crippen LogP contribution in [0.1, 0.15) is 25.3 Å². The van der Waals surface area contributed by atoms with Gasteiger partial charge in [0, 0.05) is 18.8 Å². The standard InChI is InChI=1S/C21H24N6O3S2/c1-15-7-3-4-8-19(15)27-21(23-24-25-27)31-16(2)20(28)22-17-9-11-18(12-10-17)32(29,30)26-13-5-6-14-26/h3-4,7-12,16H,5-6,13-14H2,1-2H3,(H,22,28). The van der Waals surface area contributed by atoms with E-state index < -0.39 is 15.3 Å². The number of carbonyl (C=O) groups excluding carboxylic acids is 1. The van der Waals surface area contributed by atoms with E-state index in [9.17, 15) is 13.2 Å². The van der Waals surface area contributed by atoms with E-state index in [1.54, 1.807) is 23.7 Å². The summed E-state index contributed by atoms with van der Waals surface area (Å²) < 4.78 is 28.4. The number of hydrogen-bond donors (Lipinski definition) is 1. The van der Waals surface area contributed by atoms with Gasteiger partial charge < -0.3 is 5.32 Å². The summed E-state index contributed by atoms with van der Waals surface area (Å²) in [7, 11) is -3.48. The molecule has 168 valence electrons. The van der Waals surface area contributed by atoms with Gasteiger partial charge in [0.1, 0.15) is 0 Å². The summed E-state index contributed by atoms with van der Waals surface area (Å²) in [4.78, 5) is 12.9. The molecule has 32 heavy (non-hydrogen) atoms. The maximum Gasteiger partial charge on any atom is 0.243 e. The van der Waals surface area contributed by atoms with Crippen LogP contribution in [0.25, 0.3) is 5.69 Å². The smallest absolute Gasteiger partial charge is 0.243 e. The van der Waals surface area contributed by atoms with Gasteiger partial charge >= 0.3 is 0 Å². The Bertz CT molecular complexity index is 1200. The second-order valence-electron chi connectivity index (χ2n) is 7.54. The van der Waals surface area contributed by atoms with E-state index in [4.69, 9.17) is 0 Å². The normalized spacial score (nSPS) is 15.6. The second kappa shape index (κ2) is 9.39. The van der Waals surface area contributed by atoms with Crippen molar-refractivity contribution in [3.63, 3.8) is 0 Å². The molecule has 3 aromatic rings. The number of para-hydroxylation sites is 1. The Morgan fingerprint density at radius 3 is 2.47 bits per heavy atom. The van der Waals surface area contributed by atoms with Gasteiger partial charge in [-0.3, -0.25) is 4.79 Å². The zero-order valence-corrected chi connectivity index (χ0v) is 19.4. The van der Waals surface area contributed by atoms with Crippen LogP contribution in [0.2, 0.25) is 0 Å². The number of carbonyl (C=O) groups is 1. The first-order valence-electron chi connectivity index (χ1n) is 10.3. The summed E-state index contributed by atoms with van der Waals surface area (Å²) >= 11 is 1.24. The summed E-state index contributed by atoms with van der Waals surface area (Å²) in [6, 6.07) is 14.0. The highest BCUT2D eigenvalue weighted by atomic mass is 32.2. The first-order valence-corrected chi connectivity index (χ1v) is 12.6. The van der Waals surface area contributed by atoms with Crippen LogP contribution in [0.4, 0.5) is 5.69 Å². The number of amides is 1. The number of nitrogens with one attached hydrogen (secondary N) is 1. The summed E-state index contributed by atoms with van der Waals surface area (Å²) in [6.07, 6.45) is 1.77. The predicted octanol–water partition coefficient (Wildman–Crippen LogP) is 2.87. The summed E-state index contributed by atoms with van der Waals surface area (Å²) in [5.41, 5.74) is 2.39. The SMILES string of the molecule is Cc1ccccc1-n1nnnc1SC(C)C(=O)Nc1ccc(S(=O)(=O)N2CCCC2)cc1. The summed E-state index contributed by atoms with van der Waals surface area (Å²) in [6.45, 7) is 4.84. The molecule has 1 unspecified atom stereocenters. The molecule has 1 aliphatic rings. The number of nitrogens with zero attached hydrogens (tertiary/aromatic N) is 5. The lowest BCUT2D eigenvalue weighted by molar-refractivity contribution is -0.115. The number of tetrazole rings is 1. The maximum atomic E-state index is 12.7. The summed E-state index contributed by atoms with van der Waals surface area (Å²) in [5, 5.41) is 14.7. The zero-order chi connectivity index (χ0) is 22.7. The molecular weight excluding hydrogens is 448 g/mol. The molecule has 1 amide bonds. The van der Waals surface area contributed by atoms with Crippen LogP contribution in [-0.2, 0) is 14.8 Å². The van der Waals surface area contributed by atoms with E-state index >= 15 is 0 Å². The van der Waals surface area contributed by atoms with Gasteiger partial charge in [0.25, 0.3) is 0 Å². The van der Waals surface area contributed by atoms with E-state index in [0.717, 1.165) is 24.1 Å². The van der Waals surface area contributed by atoms with Crippen molar-refractivity contribution in [3.05, 3.63) is 54.1 Å². The number of rotatable bonds is 7. The number of hydrogen-bond acceptors (Lipinski definition) is 7. The van der Waals surface area contributed by atoms with Crippen LogP contribution < -0.4 is 5.32 Å². The molecule has 0 bridgehead atoms. The minimum absolute atomic E-state index is 0.232. The molecule has 4 rings (SSSR count). The maximum absolute atomic E-state index is 12.7. The fourth-order valence-corrected chi connectivity index (χ4v) is 5.77. The minimum Gasteiger partial charge on any atom is -0.325 e. The van der Waals surface area contributed by atoms with Crippen LogP contribution in [0.3, 0.4) is 0 Å². The molecule has 9 nitrogen and oxygen atoms in total. The number of aromatic nitrogens is 4. The van der Waals surface area contributed by atoms with Gasteiger partial charge in [0.15, 0.2) is 0 Å². The van der Waals surface area contributed by atoms with Crippen molar-refractivity contribution in [1.82, 2.24) is 24.5 Å². The van der Waals surface area contributed by atoms with Crippen molar-refractivity contribution >= 4 is 33.4 Å². The minimum atomic E-state index is -3.48. The Morgan fingerprint density at radius 1 is 1.09 bits per heavy atom. The van der Waals surface area contributed by atoms with Gasteiger partial charge in [-0.25, -0.2) is 8.42 Å². The van der Waals surface area contributed by atoms with Crippen LogP contribution in [-0.4, -0.2) is 57.2 Å². The Morgan fingerprint density at radius 2 is 1.78 bits per heavy atom. The first-order chi connectivity index (χ1) is 15.4. The molecule has 1 atom stereocenters. The molecule has 1 N–H and O–H groups in total. The number of sulfonamides is 1. The van der Waals surface area contributed by atoms with Crippen molar-refractivity contribution in [1.29, 1.82) is 0 Å². The van der Waals surface area contributed by atoms with Crippen molar-refractivity contribution in [3.8, 4) is 5.69 Å². The van der Waals surface area contributed by atoms with Crippen molar-refractivity contribution in [2.45, 2.75) is 42.0 Å². The quantitative estimate of drug-likeness (QED) is 0.527. The number of benzene rings is 2. The van der Waals surface area contributed by atoms with Crippen molar-refractivity contribution < 1.29 is 13.2 Å². The van der Waals surface area contributed by atoms with Gasteiger partial charge in [-0.2, -0.15) is 8.99 Å². The lowest BCUT2D eigenvalue weighted by atomic mass is 10.2. The van der Waals surface area contributed by atoms with E-state index in [-0.39, 0.29) is 10.8 Å². The molecule has 1 saturated heterocycles. The average Bonchev–Trinajstić information content (AvgIpc) is 3.47. The largest absolute Gasteiger partial charge is 0.325 e. The molecule has 2 aromatic carbocycles. The molecule has 0 radical (unpaired) electrons. The van der Waals surface area contributed by atoms with E-state index in [1.165, 1.54) is 28.2 Å². The monoisotopic (exact) mass is 472 g/mol. The van der Waals surface area contributed by atoms with E-state index in [0.29, 0.717) is 23.9 Å². The van der Waals surface area contributed by atoms with Crippen molar-refractivity contribution in [2.75, 3.05) is 18.4 Å². The molecule has 0 saturated carbocycles. The van der Waals surface area contributed by atoms with Gasteiger partial charge in [-0.1, -0.05) is 30.0 Å². The average molecular weight is 473 g/mol. The van der Waals surface area contributed by atoms with Gasteiger partial charge in [0.05, 0.1) is 15.8 Å². The Labute approximate surface area is 191 Å². The molecular formula is C21H24N6O3S2. The van der Waals surface area contributed by atoms with Crippen LogP contribution in [0, 0.1) is 6.92 Å². The molecule has 1 fully saturated rings. The highest BCUT2D eigenvalue weighted by Gasteiger charge is 2.27. The molecule has 2 heterocycles.